The van der Waals surface area contributed by atoms with Crippen molar-refractivity contribution in [2.45, 2.75) is 32.2 Å². The van der Waals surface area contributed by atoms with Crippen LogP contribution in [0, 0.1) is 11.8 Å². The maximum Gasteiger partial charge on any atom is 0.225 e. The predicted octanol–water partition coefficient (Wildman–Crippen LogP) is 0.988. The van der Waals surface area contributed by atoms with Gasteiger partial charge in [-0.25, -0.2) is 4.98 Å². The van der Waals surface area contributed by atoms with Crippen molar-refractivity contribution in [2.24, 2.45) is 11.8 Å². The molecule has 1 aromatic heterocycles. The molecule has 2 aliphatic heterocycles. The molecule has 1 fully saturated rings. The molecular weight excluding hydrogens is 242 g/mol. The van der Waals surface area contributed by atoms with Gasteiger partial charge in [0.2, 0.25) is 5.91 Å². The van der Waals surface area contributed by atoms with Gasteiger partial charge >= 0.3 is 0 Å². The zero-order chi connectivity index (χ0) is 13.1. The minimum absolute atomic E-state index is 0.0566. The molecule has 3 heterocycles. The summed E-state index contributed by atoms with van der Waals surface area (Å²) in [7, 11) is 0. The molecule has 2 atom stereocenters. The summed E-state index contributed by atoms with van der Waals surface area (Å²) in [5.74, 6) is 1.91. The van der Waals surface area contributed by atoms with Crippen molar-refractivity contribution < 1.29 is 9.53 Å². The first-order chi connectivity index (χ1) is 9.33. The molecule has 1 N–H and O–H groups in total. The van der Waals surface area contributed by atoms with Gasteiger partial charge in [-0.05, 0) is 25.2 Å². The summed E-state index contributed by atoms with van der Waals surface area (Å²) in [6.07, 6.45) is 7.97. The summed E-state index contributed by atoms with van der Waals surface area (Å²) in [6.45, 7) is 3.13. The maximum atomic E-state index is 12.0. The lowest BCUT2D eigenvalue weighted by atomic mass is 9.98. The van der Waals surface area contributed by atoms with Crippen molar-refractivity contribution in [3.05, 3.63) is 18.2 Å². The Bertz CT molecular complexity index is 438. The number of hydrogen-bond acceptors (Lipinski definition) is 3. The first-order valence-corrected chi connectivity index (χ1v) is 7.18. The van der Waals surface area contributed by atoms with Gasteiger partial charge in [-0.15, -0.1) is 0 Å². The SMILES string of the molecule is O=C(NC[C@H]1CCc2nccn2C1)[C@H]1CCCOC1. The Hall–Kier alpha value is -1.36. The van der Waals surface area contributed by atoms with Crippen LogP contribution in [0.1, 0.15) is 25.1 Å². The lowest BCUT2D eigenvalue weighted by Crippen LogP contribution is -2.39. The number of carbonyl (C=O) groups excluding carboxylic acids is 1. The highest BCUT2D eigenvalue weighted by Crippen LogP contribution is 2.18. The minimum atomic E-state index is 0.0566. The third-order valence-corrected chi connectivity index (χ3v) is 4.13. The molecule has 5 heteroatoms. The van der Waals surface area contributed by atoms with Crippen molar-refractivity contribution in [3.63, 3.8) is 0 Å². The number of nitrogens with one attached hydrogen (secondary N) is 1. The highest BCUT2D eigenvalue weighted by Gasteiger charge is 2.24. The molecule has 0 unspecified atom stereocenters. The standard InChI is InChI=1S/C14H21N3O2/c18-14(12-2-1-7-19-10-12)16-8-11-3-4-13-15-5-6-17(13)9-11/h5-6,11-12H,1-4,7-10H2,(H,16,18)/t11-,12+/m1/s1. The second-order valence-corrected chi connectivity index (χ2v) is 5.56. The van der Waals surface area contributed by atoms with Gasteiger partial charge in [0.1, 0.15) is 5.82 Å². The van der Waals surface area contributed by atoms with Crippen LogP contribution < -0.4 is 5.32 Å². The Morgan fingerprint density at radius 1 is 1.53 bits per heavy atom. The summed E-state index contributed by atoms with van der Waals surface area (Å²) < 4.78 is 7.56. The lowest BCUT2D eigenvalue weighted by Gasteiger charge is -2.26. The fourth-order valence-corrected chi connectivity index (χ4v) is 2.94. The number of rotatable bonds is 3. The molecule has 0 saturated carbocycles. The monoisotopic (exact) mass is 263 g/mol. The van der Waals surface area contributed by atoms with Crippen LogP contribution in [-0.4, -0.2) is 35.2 Å². The van der Waals surface area contributed by atoms with Crippen LogP contribution >= 0.6 is 0 Å². The van der Waals surface area contributed by atoms with Crippen molar-refractivity contribution >= 4 is 5.91 Å². The third kappa shape index (κ3) is 2.97. The summed E-state index contributed by atoms with van der Waals surface area (Å²) in [5, 5.41) is 3.09. The molecule has 3 rings (SSSR count). The van der Waals surface area contributed by atoms with E-state index in [2.05, 4.69) is 14.9 Å². The number of imidazole rings is 1. The largest absolute Gasteiger partial charge is 0.381 e. The maximum absolute atomic E-state index is 12.0. The van der Waals surface area contributed by atoms with Crippen LogP contribution in [0.25, 0.3) is 0 Å². The van der Waals surface area contributed by atoms with Crippen LogP contribution in [0.2, 0.25) is 0 Å². The summed E-state index contributed by atoms with van der Waals surface area (Å²) in [4.78, 5) is 16.3. The average Bonchev–Trinajstić information content (AvgIpc) is 2.93. The Balaban J connectivity index is 1.46. The molecule has 104 valence electrons. The van der Waals surface area contributed by atoms with Gasteiger partial charge in [-0.3, -0.25) is 4.79 Å². The second-order valence-electron chi connectivity index (χ2n) is 5.56. The van der Waals surface area contributed by atoms with Crippen molar-refractivity contribution in [2.75, 3.05) is 19.8 Å². The van der Waals surface area contributed by atoms with Gasteiger partial charge in [0.15, 0.2) is 0 Å². The van der Waals surface area contributed by atoms with Crippen molar-refractivity contribution in [1.29, 1.82) is 0 Å². The van der Waals surface area contributed by atoms with Crippen molar-refractivity contribution in [1.82, 2.24) is 14.9 Å². The van der Waals surface area contributed by atoms with Crippen LogP contribution in [0.4, 0.5) is 0 Å². The Morgan fingerprint density at radius 3 is 3.32 bits per heavy atom. The zero-order valence-electron chi connectivity index (χ0n) is 11.2. The highest BCUT2D eigenvalue weighted by molar-refractivity contribution is 5.78. The molecule has 0 aliphatic carbocycles. The molecule has 19 heavy (non-hydrogen) atoms. The molecule has 0 aromatic carbocycles. The van der Waals surface area contributed by atoms with Crippen LogP contribution in [0.5, 0.6) is 0 Å². The van der Waals surface area contributed by atoms with E-state index in [-0.39, 0.29) is 11.8 Å². The molecule has 0 radical (unpaired) electrons. The normalized spacial score (nSPS) is 26.7. The lowest BCUT2D eigenvalue weighted by molar-refractivity contribution is -0.129. The average molecular weight is 263 g/mol. The number of aryl methyl sites for hydroxylation is 1. The Labute approximate surface area is 113 Å². The number of fused-ring (bicyclic) bond motifs is 1. The minimum Gasteiger partial charge on any atom is -0.381 e. The number of nitrogens with zero attached hydrogens (tertiary/aromatic N) is 2. The quantitative estimate of drug-likeness (QED) is 0.884. The number of carbonyl (C=O) groups is 1. The Kier molecular flexibility index (Phi) is 3.82. The first kappa shape index (κ1) is 12.7. The van der Waals surface area contributed by atoms with E-state index in [1.807, 2.05) is 12.4 Å². The van der Waals surface area contributed by atoms with Crippen LogP contribution in [0.15, 0.2) is 12.4 Å². The van der Waals surface area contributed by atoms with Crippen LogP contribution in [0.3, 0.4) is 0 Å². The topological polar surface area (TPSA) is 56.2 Å². The van der Waals surface area contributed by atoms with E-state index in [9.17, 15) is 4.79 Å². The molecule has 2 aliphatic rings. The van der Waals surface area contributed by atoms with E-state index in [4.69, 9.17) is 4.74 Å². The van der Waals surface area contributed by atoms with Gasteiger partial charge in [0, 0.05) is 38.5 Å². The Morgan fingerprint density at radius 2 is 2.47 bits per heavy atom. The van der Waals surface area contributed by atoms with Gasteiger partial charge < -0.3 is 14.6 Å². The molecule has 0 spiro atoms. The number of amides is 1. The number of hydrogen-bond donors (Lipinski definition) is 1. The third-order valence-electron chi connectivity index (χ3n) is 4.13. The van der Waals surface area contributed by atoms with E-state index in [0.717, 1.165) is 45.4 Å². The van der Waals surface area contributed by atoms with Crippen LogP contribution in [-0.2, 0) is 22.5 Å². The first-order valence-electron chi connectivity index (χ1n) is 7.18. The van der Waals surface area contributed by atoms with E-state index < -0.39 is 0 Å². The molecule has 1 saturated heterocycles. The molecule has 5 nitrogen and oxygen atoms in total. The number of aromatic nitrogens is 2. The van der Waals surface area contributed by atoms with E-state index >= 15 is 0 Å². The predicted molar refractivity (Wildman–Crippen MR) is 70.6 cm³/mol. The second kappa shape index (κ2) is 5.74. The molecule has 0 bridgehead atoms. The smallest absolute Gasteiger partial charge is 0.225 e. The van der Waals surface area contributed by atoms with E-state index in [1.54, 1.807) is 0 Å². The van der Waals surface area contributed by atoms with Gasteiger partial charge in [0.25, 0.3) is 0 Å². The molecular formula is C14H21N3O2. The number of ether oxygens (including phenoxy) is 1. The summed E-state index contributed by atoms with van der Waals surface area (Å²) in [6, 6.07) is 0. The highest BCUT2D eigenvalue weighted by atomic mass is 16.5. The van der Waals surface area contributed by atoms with Gasteiger partial charge in [-0.2, -0.15) is 0 Å². The van der Waals surface area contributed by atoms with E-state index in [0.29, 0.717) is 12.5 Å². The van der Waals surface area contributed by atoms with Gasteiger partial charge in [0.05, 0.1) is 12.5 Å². The zero-order valence-corrected chi connectivity index (χ0v) is 11.2. The van der Waals surface area contributed by atoms with E-state index in [1.165, 1.54) is 5.82 Å². The van der Waals surface area contributed by atoms with Crippen molar-refractivity contribution in [3.8, 4) is 0 Å². The summed E-state index contributed by atoms with van der Waals surface area (Å²) in [5.41, 5.74) is 0. The van der Waals surface area contributed by atoms with Gasteiger partial charge in [-0.1, -0.05) is 0 Å². The molecule has 1 amide bonds. The molecule has 1 aromatic rings. The fraction of sp³-hybridized carbons (Fsp3) is 0.714. The fourth-order valence-electron chi connectivity index (χ4n) is 2.94. The summed E-state index contributed by atoms with van der Waals surface area (Å²) >= 11 is 0.